The Balaban J connectivity index is 2.05. The van der Waals surface area contributed by atoms with E-state index in [0.29, 0.717) is 0 Å². The Morgan fingerprint density at radius 1 is 1.05 bits per heavy atom. The van der Waals surface area contributed by atoms with Crippen LogP contribution in [0, 0.1) is 0 Å². The van der Waals surface area contributed by atoms with Crippen molar-refractivity contribution in [2.24, 2.45) is 5.73 Å². The van der Waals surface area contributed by atoms with Crippen LogP contribution in [0.1, 0.15) is 0 Å². The monoisotopic (exact) mass is 311 g/mol. The van der Waals surface area contributed by atoms with Crippen LogP contribution in [0.2, 0.25) is 0 Å². The SMILES string of the molecule is NC1[C@H](O)OC(CO)[C@H](O)[C@@H]1O[C@@H]1OC[C@@H](O)[C@H](O)C1O. The van der Waals surface area contributed by atoms with E-state index >= 15 is 0 Å². The minimum Gasteiger partial charge on any atom is -0.394 e. The average molecular weight is 311 g/mol. The van der Waals surface area contributed by atoms with Gasteiger partial charge in [0.15, 0.2) is 12.6 Å². The van der Waals surface area contributed by atoms with E-state index < -0.39 is 61.9 Å². The van der Waals surface area contributed by atoms with E-state index in [9.17, 15) is 25.5 Å². The Labute approximate surface area is 120 Å². The van der Waals surface area contributed by atoms with Gasteiger partial charge in [-0.3, -0.25) is 0 Å². The Bertz CT molecular complexity index is 346. The van der Waals surface area contributed by atoms with Gasteiger partial charge in [-0.25, -0.2) is 0 Å². The number of aliphatic hydroxyl groups is 6. The van der Waals surface area contributed by atoms with Crippen LogP contribution in [0.15, 0.2) is 0 Å². The van der Waals surface area contributed by atoms with Gasteiger partial charge in [0.2, 0.25) is 0 Å². The molecule has 2 heterocycles. The molecule has 2 fully saturated rings. The number of hydrogen-bond acceptors (Lipinski definition) is 10. The third kappa shape index (κ3) is 3.35. The summed E-state index contributed by atoms with van der Waals surface area (Å²) < 4.78 is 15.3. The largest absolute Gasteiger partial charge is 0.394 e. The van der Waals surface area contributed by atoms with Crippen molar-refractivity contribution in [1.82, 2.24) is 0 Å². The summed E-state index contributed by atoms with van der Waals surface area (Å²) in [7, 11) is 0. The first kappa shape index (κ1) is 17.0. The molecule has 0 bridgehead atoms. The molecule has 8 N–H and O–H groups in total. The van der Waals surface area contributed by atoms with Gasteiger partial charge in [-0.1, -0.05) is 0 Å². The van der Waals surface area contributed by atoms with Crippen molar-refractivity contribution in [3.8, 4) is 0 Å². The first-order valence-corrected chi connectivity index (χ1v) is 6.56. The molecule has 0 aromatic rings. The molecule has 9 atom stereocenters. The molecule has 2 rings (SSSR count). The molecule has 0 spiro atoms. The van der Waals surface area contributed by atoms with Crippen molar-refractivity contribution in [2.75, 3.05) is 13.2 Å². The summed E-state index contributed by atoms with van der Waals surface area (Å²) in [5, 5.41) is 57.4. The summed E-state index contributed by atoms with van der Waals surface area (Å²) in [4.78, 5) is 0. The molecule has 10 heteroatoms. The zero-order valence-electron chi connectivity index (χ0n) is 11.1. The molecule has 2 aliphatic rings. The van der Waals surface area contributed by atoms with Gasteiger partial charge >= 0.3 is 0 Å². The van der Waals surface area contributed by atoms with Crippen LogP contribution in [0.3, 0.4) is 0 Å². The van der Waals surface area contributed by atoms with E-state index in [2.05, 4.69) is 0 Å². The van der Waals surface area contributed by atoms with Gasteiger partial charge in [0.05, 0.1) is 19.3 Å². The summed E-state index contributed by atoms with van der Waals surface area (Å²) in [6, 6.07) is -1.15. The van der Waals surface area contributed by atoms with Crippen molar-refractivity contribution in [1.29, 1.82) is 0 Å². The minimum absolute atomic E-state index is 0.274. The normalized spacial score (nSPS) is 51.9. The van der Waals surface area contributed by atoms with Crippen LogP contribution in [0.25, 0.3) is 0 Å². The number of aliphatic hydroxyl groups excluding tert-OH is 6. The van der Waals surface area contributed by atoms with E-state index in [-0.39, 0.29) is 6.61 Å². The maximum atomic E-state index is 10.0. The smallest absolute Gasteiger partial charge is 0.186 e. The van der Waals surface area contributed by atoms with Gasteiger partial charge < -0.3 is 50.6 Å². The molecule has 0 radical (unpaired) electrons. The van der Waals surface area contributed by atoms with Crippen molar-refractivity contribution in [3.63, 3.8) is 0 Å². The topological polar surface area (TPSA) is 175 Å². The number of hydrogen-bond donors (Lipinski definition) is 7. The Kier molecular flexibility index (Phi) is 5.48. The molecule has 10 nitrogen and oxygen atoms in total. The highest BCUT2D eigenvalue weighted by molar-refractivity contribution is 4.93. The number of nitrogens with two attached hydrogens (primary N) is 1. The van der Waals surface area contributed by atoms with Crippen molar-refractivity contribution in [2.45, 2.75) is 55.2 Å². The Hall–Kier alpha value is -0.400. The number of rotatable bonds is 3. The van der Waals surface area contributed by atoms with Gasteiger partial charge in [0.25, 0.3) is 0 Å². The molecule has 0 aromatic heterocycles. The number of ether oxygens (including phenoxy) is 3. The minimum atomic E-state index is -1.55. The average Bonchev–Trinajstić information content (AvgIpc) is 2.47. The van der Waals surface area contributed by atoms with Crippen molar-refractivity contribution in [3.05, 3.63) is 0 Å². The lowest BCUT2D eigenvalue weighted by molar-refractivity contribution is -0.323. The molecule has 2 saturated heterocycles. The van der Waals surface area contributed by atoms with Gasteiger partial charge in [0.1, 0.15) is 36.6 Å². The Morgan fingerprint density at radius 3 is 2.33 bits per heavy atom. The van der Waals surface area contributed by atoms with Gasteiger partial charge in [-0.15, -0.1) is 0 Å². The van der Waals surface area contributed by atoms with Crippen LogP contribution in [-0.2, 0) is 14.2 Å². The lowest BCUT2D eigenvalue weighted by atomic mass is 9.97. The lowest BCUT2D eigenvalue weighted by Crippen LogP contribution is -2.65. The fourth-order valence-electron chi connectivity index (χ4n) is 2.33. The molecular formula is C11H21NO9. The van der Waals surface area contributed by atoms with Gasteiger partial charge in [0, 0.05) is 0 Å². The summed E-state index contributed by atoms with van der Waals surface area (Å²) >= 11 is 0. The highest BCUT2D eigenvalue weighted by Gasteiger charge is 2.47. The third-order valence-electron chi connectivity index (χ3n) is 3.67. The van der Waals surface area contributed by atoms with E-state index in [1.165, 1.54) is 0 Å². The van der Waals surface area contributed by atoms with Crippen molar-refractivity contribution < 1.29 is 44.8 Å². The lowest BCUT2D eigenvalue weighted by Gasteiger charge is -2.44. The quantitative estimate of drug-likeness (QED) is 0.268. The molecular weight excluding hydrogens is 290 g/mol. The molecule has 0 aromatic carbocycles. The molecule has 0 amide bonds. The maximum absolute atomic E-state index is 10.0. The van der Waals surface area contributed by atoms with E-state index in [1.54, 1.807) is 0 Å². The highest BCUT2D eigenvalue weighted by atomic mass is 16.7. The molecule has 3 unspecified atom stereocenters. The van der Waals surface area contributed by atoms with Crippen LogP contribution >= 0.6 is 0 Å². The van der Waals surface area contributed by atoms with E-state index in [4.69, 9.17) is 25.1 Å². The highest BCUT2D eigenvalue weighted by Crippen LogP contribution is 2.25. The second kappa shape index (κ2) is 6.79. The second-order valence-corrected chi connectivity index (χ2v) is 5.17. The summed E-state index contributed by atoms with van der Waals surface area (Å²) in [6.45, 7) is -0.844. The maximum Gasteiger partial charge on any atom is 0.186 e. The predicted octanol–water partition coefficient (Wildman–Crippen LogP) is -4.79. The van der Waals surface area contributed by atoms with Crippen LogP contribution < -0.4 is 5.73 Å². The first-order valence-electron chi connectivity index (χ1n) is 6.56. The van der Waals surface area contributed by atoms with E-state index in [0.717, 1.165) is 0 Å². The van der Waals surface area contributed by atoms with Crippen LogP contribution in [-0.4, -0.2) is 99.1 Å². The second-order valence-electron chi connectivity index (χ2n) is 5.17. The fraction of sp³-hybridized carbons (Fsp3) is 1.00. The predicted molar refractivity (Wildman–Crippen MR) is 64.6 cm³/mol. The van der Waals surface area contributed by atoms with Gasteiger partial charge in [-0.2, -0.15) is 0 Å². The standard InChI is InChI=1S/C11H21NO9/c12-5-9(7(16)4(1-13)20-10(5)18)21-11-8(17)6(15)3(14)2-19-11/h3-11,13-18H,1-2,12H2/t3-,4?,5?,6+,7+,8?,9-,10-,11+/m1/s1. The summed E-state index contributed by atoms with van der Waals surface area (Å²) in [5.41, 5.74) is 5.66. The van der Waals surface area contributed by atoms with Crippen LogP contribution in [0.4, 0.5) is 0 Å². The molecule has 21 heavy (non-hydrogen) atoms. The summed E-state index contributed by atoms with van der Waals surface area (Å²) in [6.07, 6.45) is -10.8. The molecule has 0 saturated carbocycles. The molecule has 2 aliphatic heterocycles. The zero-order chi connectivity index (χ0) is 15.7. The first-order chi connectivity index (χ1) is 9.86. The Morgan fingerprint density at radius 2 is 1.71 bits per heavy atom. The third-order valence-corrected chi connectivity index (χ3v) is 3.67. The van der Waals surface area contributed by atoms with Crippen molar-refractivity contribution >= 4 is 0 Å². The van der Waals surface area contributed by atoms with Gasteiger partial charge in [-0.05, 0) is 0 Å². The molecule has 124 valence electrons. The summed E-state index contributed by atoms with van der Waals surface area (Å²) in [5.74, 6) is 0. The fourth-order valence-corrected chi connectivity index (χ4v) is 2.33. The van der Waals surface area contributed by atoms with Crippen LogP contribution in [0.5, 0.6) is 0 Å². The van der Waals surface area contributed by atoms with E-state index in [1.807, 2.05) is 0 Å². The molecule has 0 aliphatic carbocycles. The zero-order valence-corrected chi connectivity index (χ0v) is 11.1.